The minimum atomic E-state index is -1.52. The van der Waals surface area contributed by atoms with Crippen molar-refractivity contribution in [2.75, 3.05) is 6.61 Å². The van der Waals surface area contributed by atoms with Crippen molar-refractivity contribution in [1.29, 1.82) is 0 Å². The Morgan fingerprint density at radius 1 is 1.07 bits per heavy atom. The molecule has 1 aliphatic rings. The Balaban J connectivity index is 1.68. The van der Waals surface area contributed by atoms with E-state index in [-0.39, 0.29) is 0 Å². The van der Waals surface area contributed by atoms with Crippen LogP contribution in [0.25, 0.3) is 10.9 Å². The van der Waals surface area contributed by atoms with Crippen molar-refractivity contribution in [3.8, 4) is 5.75 Å². The molecule has 2 heterocycles. The topological polar surface area (TPSA) is 115 Å². The van der Waals surface area contributed by atoms with Crippen molar-refractivity contribution in [1.82, 2.24) is 4.98 Å². The summed E-state index contributed by atoms with van der Waals surface area (Å²) in [5.74, 6) is 0.366. The third kappa shape index (κ3) is 4.05. The van der Waals surface area contributed by atoms with Crippen molar-refractivity contribution in [3.05, 3.63) is 64.3 Å². The first-order chi connectivity index (χ1) is 14.4. The number of aromatic nitrogens is 1. The highest BCUT2D eigenvalue weighted by atomic mass is 35.5. The number of fused-ring (bicyclic) bond motifs is 1. The summed E-state index contributed by atoms with van der Waals surface area (Å²) in [7, 11) is 0. The zero-order valence-corrected chi connectivity index (χ0v) is 17.1. The number of halogens is 1. The van der Waals surface area contributed by atoms with Crippen LogP contribution in [0.5, 0.6) is 5.75 Å². The SMILES string of the molecule is Cc1ccc(Cc2c[nH]c3cc(Cl)cc(O[C@@H]4O[C@H](CO)[C@@H](O)[C@H](O)[C@H]4O)c23)cc1. The first-order valence-corrected chi connectivity index (χ1v) is 10.1. The Kier molecular flexibility index (Phi) is 6.02. The molecule has 4 rings (SSSR count). The van der Waals surface area contributed by atoms with Gasteiger partial charge >= 0.3 is 0 Å². The summed E-state index contributed by atoms with van der Waals surface area (Å²) in [5, 5.41) is 40.9. The predicted molar refractivity (Wildman–Crippen MR) is 112 cm³/mol. The third-order valence-electron chi connectivity index (χ3n) is 5.40. The summed E-state index contributed by atoms with van der Waals surface area (Å²) >= 11 is 6.24. The molecule has 1 aromatic heterocycles. The Bertz CT molecular complexity index is 1020. The molecule has 160 valence electrons. The van der Waals surface area contributed by atoms with Gasteiger partial charge in [-0.05, 0) is 36.6 Å². The van der Waals surface area contributed by atoms with Crippen LogP contribution in [0.1, 0.15) is 16.7 Å². The molecule has 30 heavy (non-hydrogen) atoms. The lowest BCUT2D eigenvalue weighted by Gasteiger charge is -2.39. The lowest BCUT2D eigenvalue weighted by Crippen LogP contribution is -2.60. The lowest BCUT2D eigenvalue weighted by atomic mass is 9.99. The fourth-order valence-corrected chi connectivity index (χ4v) is 3.92. The van der Waals surface area contributed by atoms with E-state index >= 15 is 0 Å². The minimum Gasteiger partial charge on any atom is -0.461 e. The molecule has 0 radical (unpaired) electrons. The largest absolute Gasteiger partial charge is 0.461 e. The molecule has 0 amide bonds. The smallest absolute Gasteiger partial charge is 0.229 e. The van der Waals surface area contributed by atoms with E-state index in [0.717, 1.165) is 22.0 Å². The minimum absolute atomic E-state index is 0.366. The van der Waals surface area contributed by atoms with E-state index in [1.807, 2.05) is 25.3 Å². The zero-order valence-electron chi connectivity index (χ0n) is 16.3. The standard InChI is InChI=1S/C22H24ClNO6/c1-11-2-4-12(5-3-11)6-13-9-24-15-7-14(23)8-16(18(13)15)29-22-21(28)20(27)19(26)17(10-25)30-22/h2-5,7-9,17,19-22,24-28H,6,10H2,1H3/t17-,19-,20+,21-,22-/m1/s1. The van der Waals surface area contributed by atoms with Gasteiger partial charge in [0.1, 0.15) is 30.2 Å². The van der Waals surface area contributed by atoms with E-state index < -0.39 is 37.3 Å². The molecule has 0 unspecified atom stereocenters. The maximum atomic E-state index is 10.3. The molecule has 5 N–H and O–H groups in total. The molecule has 0 aliphatic carbocycles. The third-order valence-corrected chi connectivity index (χ3v) is 5.61. The van der Waals surface area contributed by atoms with Gasteiger partial charge in [0.2, 0.25) is 6.29 Å². The number of rotatable bonds is 5. The fourth-order valence-electron chi connectivity index (χ4n) is 3.71. The predicted octanol–water partition coefficient (Wildman–Crippen LogP) is 1.90. The maximum Gasteiger partial charge on any atom is 0.229 e. The quantitative estimate of drug-likeness (QED) is 0.420. The van der Waals surface area contributed by atoms with Gasteiger partial charge < -0.3 is 34.9 Å². The van der Waals surface area contributed by atoms with Crippen molar-refractivity contribution in [2.24, 2.45) is 0 Å². The summed E-state index contributed by atoms with van der Waals surface area (Å²) in [6.07, 6.45) is -4.29. The van der Waals surface area contributed by atoms with Gasteiger partial charge in [0.25, 0.3) is 0 Å². The number of H-pyrrole nitrogens is 1. The molecule has 0 spiro atoms. The lowest BCUT2D eigenvalue weighted by molar-refractivity contribution is -0.277. The van der Waals surface area contributed by atoms with Gasteiger partial charge in [0, 0.05) is 16.6 Å². The number of aliphatic hydroxyl groups excluding tert-OH is 4. The van der Waals surface area contributed by atoms with Gasteiger partial charge in [-0.3, -0.25) is 0 Å². The number of aromatic amines is 1. The van der Waals surface area contributed by atoms with Crippen LogP contribution in [0.3, 0.4) is 0 Å². The van der Waals surface area contributed by atoms with Gasteiger partial charge in [0.05, 0.1) is 12.1 Å². The molecule has 3 aromatic rings. The molecule has 7 nitrogen and oxygen atoms in total. The van der Waals surface area contributed by atoms with Gasteiger partial charge in [-0.15, -0.1) is 0 Å². The Morgan fingerprint density at radius 3 is 2.50 bits per heavy atom. The molecule has 8 heteroatoms. The first kappa shape index (κ1) is 21.1. The first-order valence-electron chi connectivity index (χ1n) is 9.69. The maximum absolute atomic E-state index is 10.3. The Morgan fingerprint density at radius 2 is 1.80 bits per heavy atom. The number of ether oxygens (including phenoxy) is 2. The van der Waals surface area contributed by atoms with Crippen LogP contribution in [0, 0.1) is 6.92 Å². The number of aryl methyl sites for hydroxylation is 1. The summed E-state index contributed by atoms with van der Waals surface area (Å²) in [4.78, 5) is 3.19. The monoisotopic (exact) mass is 433 g/mol. The highest BCUT2D eigenvalue weighted by Crippen LogP contribution is 2.35. The van der Waals surface area contributed by atoms with Crippen LogP contribution in [0.2, 0.25) is 5.02 Å². The molecule has 2 aromatic carbocycles. The van der Waals surface area contributed by atoms with E-state index in [9.17, 15) is 20.4 Å². The van der Waals surface area contributed by atoms with Gasteiger partial charge in [-0.1, -0.05) is 41.4 Å². The number of benzene rings is 2. The van der Waals surface area contributed by atoms with Crippen molar-refractivity contribution in [2.45, 2.75) is 44.1 Å². The summed E-state index contributed by atoms with van der Waals surface area (Å²) in [6.45, 7) is 1.50. The average Bonchev–Trinajstić information content (AvgIpc) is 3.12. The van der Waals surface area contributed by atoms with Gasteiger partial charge in [0.15, 0.2) is 0 Å². The number of aliphatic hydroxyl groups is 4. The molecule has 5 atom stereocenters. The molecule has 0 saturated carbocycles. The Labute approximate surface area is 178 Å². The second-order valence-electron chi connectivity index (χ2n) is 7.62. The highest BCUT2D eigenvalue weighted by Gasteiger charge is 2.44. The normalized spacial score (nSPS) is 26.8. The van der Waals surface area contributed by atoms with E-state index in [4.69, 9.17) is 21.1 Å². The van der Waals surface area contributed by atoms with Crippen molar-refractivity contribution in [3.63, 3.8) is 0 Å². The van der Waals surface area contributed by atoms with Gasteiger partial charge in [-0.2, -0.15) is 0 Å². The van der Waals surface area contributed by atoms with Crippen molar-refractivity contribution >= 4 is 22.5 Å². The molecular formula is C22H24ClNO6. The molecule has 0 bridgehead atoms. The average molecular weight is 434 g/mol. The number of nitrogens with one attached hydrogen (secondary N) is 1. The summed E-state index contributed by atoms with van der Waals surface area (Å²) in [6, 6.07) is 11.6. The number of hydrogen-bond acceptors (Lipinski definition) is 6. The van der Waals surface area contributed by atoms with E-state index in [1.165, 1.54) is 5.56 Å². The van der Waals surface area contributed by atoms with Crippen LogP contribution in [-0.4, -0.2) is 62.7 Å². The highest BCUT2D eigenvalue weighted by molar-refractivity contribution is 6.31. The van der Waals surface area contributed by atoms with Crippen molar-refractivity contribution < 1.29 is 29.9 Å². The van der Waals surface area contributed by atoms with E-state index in [1.54, 1.807) is 12.1 Å². The van der Waals surface area contributed by atoms with Crippen LogP contribution < -0.4 is 4.74 Å². The summed E-state index contributed by atoms with van der Waals surface area (Å²) in [5.41, 5.74) is 4.01. The zero-order chi connectivity index (χ0) is 21.4. The Hall–Kier alpha value is -2.13. The second kappa shape index (κ2) is 8.55. The van der Waals surface area contributed by atoms with Gasteiger partial charge in [-0.25, -0.2) is 0 Å². The number of hydrogen-bond donors (Lipinski definition) is 5. The second-order valence-corrected chi connectivity index (χ2v) is 8.05. The molecule has 1 aliphatic heterocycles. The van der Waals surface area contributed by atoms with E-state index in [2.05, 4.69) is 17.1 Å². The summed E-state index contributed by atoms with van der Waals surface area (Å²) < 4.78 is 11.4. The van der Waals surface area contributed by atoms with Crippen LogP contribution in [0.15, 0.2) is 42.6 Å². The fraction of sp³-hybridized carbons (Fsp3) is 0.364. The van der Waals surface area contributed by atoms with Crippen LogP contribution in [-0.2, 0) is 11.2 Å². The molecule has 1 fully saturated rings. The van der Waals surface area contributed by atoms with Crippen LogP contribution >= 0.6 is 11.6 Å². The molecule has 1 saturated heterocycles. The van der Waals surface area contributed by atoms with E-state index in [0.29, 0.717) is 17.2 Å². The molecular weight excluding hydrogens is 410 g/mol. The van der Waals surface area contributed by atoms with Crippen LogP contribution in [0.4, 0.5) is 0 Å².